The molecular formula is C16H26BrNO3. The zero-order chi connectivity index (χ0) is 15.9. The molecule has 1 aliphatic rings. The molecule has 0 spiro atoms. The molecule has 120 valence electrons. The van der Waals surface area contributed by atoms with E-state index in [0.717, 1.165) is 24.6 Å². The molecule has 0 aromatic rings. The highest BCUT2D eigenvalue weighted by Crippen LogP contribution is 2.51. The molecule has 2 N–H and O–H groups in total. The Morgan fingerprint density at radius 1 is 1.24 bits per heavy atom. The Balaban J connectivity index is 2.31. The van der Waals surface area contributed by atoms with Crippen LogP contribution in [0.1, 0.15) is 58.8 Å². The molecule has 1 rings (SSSR count). The number of carbonyl (C=O) groups excluding carboxylic acids is 1. The van der Waals surface area contributed by atoms with Crippen LogP contribution in [-0.4, -0.2) is 22.3 Å². The summed E-state index contributed by atoms with van der Waals surface area (Å²) in [7, 11) is 0. The van der Waals surface area contributed by atoms with Crippen LogP contribution in [0.2, 0.25) is 0 Å². The van der Waals surface area contributed by atoms with Crippen LogP contribution < -0.4 is 5.32 Å². The van der Waals surface area contributed by atoms with E-state index in [1.807, 2.05) is 13.8 Å². The summed E-state index contributed by atoms with van der Waals surface area (Å²) >= 11 is 3.40. The molecule has 0 bridgehead atoms. The molecule has 0 aromatic carbocycles. The lowest BCUT2D eigenvalue weighted by molar-refractivity contribution is -0.135. The van der Waals surface area contributed by atoms with Crippen molar-refractivity contribution < 1.29 is 14.7 Å². The highest BCUT2D eigenvalue weighted by atomic mass is 79.9. The molecule has 5 heteroatoms. The van der Waals surface area contributed by atoms with E-state index in [0.29, 0.717) is 6.42 Å². The number of hydrogen-bond donors (Lipinski definition) is 2. The molecule has 0 aromatic heterocycles. The number of hydrogen-bond acceptors (Lipinski definition) is 2. The van der Waals surface area contributed by atoms with Crippen molar-refractivity contribution in [3.63, 3.8) is 0 Å². The van der Waals surface area contributed by atoms with E-state index in [9.17, 15) is 9.59 Å². The highest BCUT2D eigenvalue weighted by molar-refractivity contribution is 9.09. The maximum Gasteiger partial charge on any atom is 0.352 e. The molecule has 1 saturated carbocycles. The van der Waals surface area contributed by atoms with Gasteiger partial charge in [0.2, 0.25) is 5.91 Å². The predicted molar refractivity (Wildman–Crippen MR) is 87.2 cm³/mol. The molecule has 1 unspecified atom stereocenters. The van der Waals surface area contributed by atoms with Crippen LogP contribution in [0.3, 0.4) is 0 Å². The first kappa shape index (κ1) is 18.2. The van der Waals surface area contributed by atoms with Gasteiger partial charge >= 0.3 is 5.97 Å². The van der Waals surface area contributed by atoms with Crippen molar-refractivity contribution in [3.8, 4) is 0 Å². The third-order valence-corrected chi connectivity index (χ3v) is 4.57. The molecular weight excluding hydrogens is 334 g/mol. The van der Waals surface area contributed by atoms with Crippen LogP contribution >= 0.6 is 15.9 Å². The fourth-order valence-corrected chi connectivity index (χ4v) is 2.74. The van der Waals surface area contributed by atoms with Crippen molar-refractivity contribution in [2.24, 2.45) is 11.3 Å². The van der Waals surface area contributed by atoms with Gasteiger partial charge in [0.15, 0.2) is 0 Å². The fraction of sp³-hybridized carbons (Fsp3) is 0.750. The predicted octanol–water partition coefficient (Wildman–Crippen LogP) is 3.85. The lowest BCUT2D eigenvalue weighted by Crippen LogP contribution is -2.29. The first-order valence-electron chi connectivity index (χ1n) is 7.69. The van der Waals surface area contributed by atoms with Crippen molar-refractivity contribution in [1.29, 1.82) is 0 Å². The minimum absolute atomic E-state index is 0.0170. The first-order chi connectivity index (χ1) is 9.88. The number of aliphatic carboxylic acids is 1. The summed E-state index contributed by atoms with van der Waals surface area (Å²) in [5.41, 5.74) is 0.0477. The van der Waals surface area contributed by atoms with E-state index in [4.69, 9.17) is 5.11 Å². The van der Waals surface area contributed by atoms with Gasteiger partial charge in [-0.3, -0.25) is 4.79 Å². The molecule has 0 heterocycles. The average Bonchev–Trinajstić information content (AvgIpc) is 3.05. The van der Waals surface area contributed by atoms with Crippen molar-refractivity contribution in [3.05, 3.63) is 11.8 Å². The minimum atomic E-state index is -1.05. The normalized spacial score (nSPS) is 20.1. The van der Waals surface area contributed by atoms with Gasteiger partial charge in [0, 0.05) is 11.2 Å². The molecule has 1 atom stereocenters. The van der Waals surface area contributed by atoms with Crippen LogP contribution in [0.4, 0.5) is 0 Å². The summed E-state index contributed by atoms with van der Waals surface area (Å²) in [6.45, 7) is 4.04. The quantitative estimate of drug-likeness (QED) is 0.353. The van der Waals surface area contributed by atoms with Crippen LogP contribution in [0.25, 0.3) is 0 Å². The summed E-state index contributed by atoms with van der Waals surface area (Å²) < 4.78 is 0. The van der Waals surface area contributed by atoms with E-state index in [-0.39, 0.29) is 22.9 Å². The van der Waals surface area contributed by atoms with Gasteiger partial charge in [-0.1, -0.05) is 55.1 Å². The van der Waals surface area contributed by atoms with Gasteiger partial charge in [-0.2, -0.15) is 0 Å². The molecule has 4 nitrogen and oxygen atoms in total. The van der Waals surface area contributed by atoms with Gasteiger partial charge in [0.25, 0.3) is 0 Å². The summed E-state index contributed by atoms with van der Waals surface area (Å²) in [5.74, 6) is -1.27. The maximum absolute atomic E-state index is 11.9. The highest BCUT2D eigenvalue weighted by Gasteiger charge is 2.50. The third kappa shape index (κ3) is 6.64. The van der Waals surface area contributed by atoms with Crippen LogP contribution in [0.5, 0.6) is 0 Å². The van der Waals surface area contributed by atoms with Gasteiger partial charge in [0.1, 0.15) is 5.70 Å². The lowest BCUT2D eigenvalue weighted by Gasteiger charge is -2.07. The smallest absolute Gasteiger partial charge is 0.352 e. The number of amides is 1. The van der Waals surface area contributed by atoms with Gasteiger partial charge in [0.05, 0.1) is 0 Å². The van der Waals surface area contributed by atoms with E-state index in [1.165, 1.54) is 19.3 Å². The van der Waals surface area contributed by atoms with Crippen molar-refractivity contribution in [1.82, 2.24) is 5.32 Å². The molecule has 0 saturated heterocycles. The third-order valence-electron chi connectivity index (χ3n) is 4.00. The zero-order valence-electron chi connectivity index (χ0n) is 13.0. The Labute approximate surface area is 135 Å². The zero-order valence-corrected chi connectivity index (χ0v) is 14.5. The molecule has 21 heavy (non-hydrogen) atoms. The second kappa shape index (κ2) is 8.57. The Bertz CT molecular complexity index is 404. The first-order valence-corrected chi connectivity index (χ1v) is 8.81. The van der Waals surface area contributed by atoms with Crippen molar-refractivity contribution >= 4 is 27.8 Å². The standard InChI is InChI=1S/C16H26BrNO3/c1-16(2)11-12(16)14(19)18-13(15(20)21)9-7-5-3-4-6-8-10-17/h9,12H,3-8,10-11H2,1-2H3,(H,18,19)(H,20,21). The van der Waals surface area contributed by atoms with Gasteiger partial charge in [-0.05, 0) is 31.1 Å². The number of carbonyl (C=O) groups is 2. The average molecular weight is 360 g/mol. The maximum atomic E-state index is 11.9. The largest absolute Gasteiger partial charge is 0.477 e. The summed E-state index contributed by atoms with van der Waals surface area (Å²) in [6.07, 6.45) is 8.79. The number of allylic oxidation sites excluding steroid dienone is 1. The molecule has 1 amide bonds. The second-order valence-electron chi connectivity index (χ2n) is 6.40. The number of carboxylic acid groups (broad SMARTS) is 1. The van der Waals surface area contributed by atoms with Crippen LogP contribution in [0.15, 0.2) is 11.8 Å². The Morgan fingerprint density at radius 2 is 1.81 bits per heavy atom. The lowest BCUT2D eigenvalue weighted by atomic mass is 10.1. The minimum Gasteiger partial charge on any atom is -0.477 e. The Hall–Kier alpha value is -0.840. The van der Waals surface area contributed by atoms with E-state index < -0.39 is 5.97 Å². The Morgan fingerprint density at radius 3 is 2.33 bits per heavy atom. The van der Waals surface area contributed by atoms with E-state index >= 15 is 0 Å². The van der Waals surface area contributed by atoms with E-state index in [2.05, 4.69) is 21.2 Å². The number of halogens is 1. The Kier molecular flexibility index (Phi) is 7.43. The van der Waals surface area contributed by atoms with Crippen LogP contribution in [-0.2, 0) is 9.59 Å². The molecule has 0 aliphatic heterocycles. The van der Waals surface area contributed by atoms with Gasteiger partial charge < -0.3 is 10.4 Å². The number of unbranched alkanes of at least 4 members (excludes halogenated alkanes) is 5. The number of carboxylic acids is 1. The van der Waals surface area contributed by atoms with Gasteiger partial charge in [-0.25, -0.2) is 4.79 Å². The van der Waals surface area contributed by atoms with E-state index in [1.54, 1.807) is 6.08 Å². The number of rotatable bonds is 10. The van der Waals surface area contributed by atoms with Crippen molar-refractivity contribution in [2.45, 2.75) is 58.8 Å². The monoisotopic (exact) mass is 359 g/mol. The number of nitrogens with one attached hydrogen (secondary N) is 1. The molecule has 0 radical (unpaired) electrons. The number of alkyl halides is 1. The second-order valence-corrected chi connectivity index (χ2v) is 7.20. The fourth-order valence-electron chi connectivity index (χ4n) is 2.34. The van der Waals surface area contributed by atoms with Gasteiger partial charge in [-0.15, -0.1) is 0 Å². The topological polar surface area (TPSA) is 66.4 Å². The van der Waals surface area contributed by atoms with Crippen LogP contribution in [0, 0.1) is 11.3 Å². The summed E-state index contributed by atoms with van der Waals surface area (Å²) in [5, 5.41) is 12.7. The van der Waals surface area contributed by atoms with Crippen molar-refractivity contribution in [2.75, 3.05) is 5.33 Å². The molecule has 1 aliphatic carbocycles. The summed E-state index contributed by atoms with van der Waals surface area (Å²) in [4.78, 5) is 23.1. The SMILES string of the molecule is CC1(C)CC1C(=O)NC(=CCCCCCCCBr)C(=O)O. The summed E-state index contributed by atoms with van der Waals surface area (Å²) in [6, 6.07) is 0. The molecule has 1 fully saturated rings.